The van der Waals surface area contributed by atoms with E-state index in [4.69, 9.17) is 9.47 Å². The summed E-state index contributed by atoms with van der Waals surface area (Å²) < 4.78 is 10.3. The number of aromatic nitrogens is 1. The number of fused-ring (bicyclic) bond motifs is 1. The van der Waals surface area contributed by atoms with Crippen molar-refractivity contribution in [2.45, 2.75) is 32.8 Å². The molecule has 0 saturated heterocycles. The highest BCUT2D eigenvalue weighted by Gasteiger charge is 2.21. The molecule has 1 aromatic carbocycles. The van der Waals surface area contributed by atoms with Crippen LogP contribution >= 0.6 is 0 Å². The Hall–Kier alpha value is -2.69. The van der Waals surface area contributed by atoms with Gasteiger partial charge in [-0.1, -0.05) is 30.4 Å². The van der Waals surface area contributed by atoms with Crippen LogP contribution < -0.4 is 0 Å². The lowest BCUT2D eigenvalue weighted by molar-refractivity contribution is -0.145. The molecule has 5 heteroatoms. The molecule has 1 aliphatic carbocycles. The Bertz CT molecular complexity index is 841. The van der Waals surface area contributed by atoms with Crippen LogP contribution in [0.4, 0.5) is 0 Å². The van der Waals surface area contributed by atoms with Crippen molar-refractivity contribution in [2.75, 3.05) is 7.11 Å². The summed E-state index contributed by atoms with van der Waals surface area (Å²) in [5, 5.41) is 0.883. The third-order valence-electron chi connectivity index (χ3n) is 4.53. The summed E-state index contributed by atoms with van der Waals surface area (Å²) in [6.45, 7) is 1.82. The molecule has 1 aromatic heterocycles. The van der Waals surface area contributed by atoms with E-state index in [9.17, 15) is 9.59 Å². The number of benzene rings is 1. The summed E-state index contributed by atoms with van der Waals surface area (Å²) in [6, 6.07) is 7.56. The van der Waals surface area contributed by atoms with Crippen LogP contribution in [0.2, 0.25) is 0 Å². The van der Waals surface area contributed by atoms with Crippen LogP contribution in [-0.2, 0) is 20.9 Å². The number of esters is 2. The molecule has 0 amide bonds. The van der Waals surface area contributed by atoms with Gasteiger partial charge in [0, 0.05) is 5.39 Å². The molecule has 3 rings (SSSR count). The molecule has 0 unspecified atom stereocenters. The van der Waals surface area contributed by atoms with Crippen LogP contribution in [0.5, 0.6) is 0 Å². The maximum Gasteiger partial charge on any atom is 0.340 e. The fraction of sp³-hybridized carbons (Fsp3) is 0.350. The normalized spacial score (nSPS) is 16.2. The van der Waals surface area contributed by atoms with Crippen LogP contribution in [0.1, 0.15) is 40.9 Å². The van der Waals surface area contributed by atoms with Gasteiger partial charge in [0.15, 0.2) is 0 Å². The third-order valence-corrected chi connectivity index (χ3v) is 4.53. The summed E-state index contributed by atoms with van der Waals surface area (Å²) in [4.78, 5) is 28.8. The molecule has 0 radical (unpaired) electrons. The molecule has 0 spiro atoms. The molecule has 1 atom stereocenters. The zero-order valence-corrected chi connectivity index (χ0v) is 14.5. The second-order valence-electron chi connectivity index (χ2n) is 6.20. The number of carbonyl (C=O) groups excluding carboxylic acids is 2. The van der Waals surface area contributed by atoms with Crippen LogP contribution in [0.25, 0.3) is 10.9 Å². The highest BCUT2D eigenvalue weighted by Crippen LogP contribution is 2.25. The van der Waals surface area contributed by atoms with Crippen molar-refractivity contribution in [3.05, 3.63) is 53.2 Å². The quantitative estimate of drug-likeness (QED) is 0.613. The lowest BCUT2D eigenvalue weighted by atomic mass is 10.0. The van der Waals surface area contributed by atoms with E-state index in [-0.39, 0.29) is 18.5 Å². The van der Waals surface area contributed by atoms with E-state index in [0.29, 0.717) is 17.7 Å². The third kappa shape index (κ3) is 3.71. The number of pyridine rings is 1. The Kier molecular flexibility index (Phi) is 5.12. The van der Waals surface area contributed by atoms with E-state index in [2.05, 4.69) is 17.1 Å². The number of hydrogen-bond donors (Lipinski definition) is 0. The van der Waals surface area contributed by atoms with Crippen molar-refractivity contribution in [3.63, 3.8) is 0 Å². The predicted octanol–water partition coefficient (Wildman–Crippen LogP) is 3.73. The number of aryl methyl sites for hydroxylation is 1. The lowest BCUT2D eigenvalue weighted by Gasteiger charge is -2.14. The van der Waals surface area contributed by atoms with Crippen molar-refractivity contribution in [1.29, 1.82) is 0 Å². The second kappa shape index (κ2) is 7.47. The first-order valence-electron chi connectivity index (χ1n) is 8.39. The lowest BCUT2D eigenvalue weighted by Crippen LogP contribution is -2.15. The topological polar surface area (TPSA) is 65.5 Å². The number of methoxy groups -OCH3 is 1. The number of para-hydroxylation sites is 1. The smallest absolute Gasteiger partial charge is 0.340 e. The molecular weight excluding hydrogens is 318 g/mol. The molecule has 0 aliphatic heterocycles. The average Bonchev–Trinajstić information content (AvgIpc) is 3.12. The standard InChI is InChI=1S/C20H21NO4/c1-13-15-9-5-6-10-16(15)21-17(19(13)20(23)24-2)12-25-18(22)11-14-7-3-4-8-14/h3,5-7,9-10,14H,4,8,11-12H2,1-2H3/t14-/m1/s1. The highest BCUT2D eigenvalue weighted by molar-refractivity contribution is 5.98. The first-order chi connectivity index (χ1) is 12.1. The molecular formula is C20H21NO4. The summed E-state index contributed by atoms with van der Waals surface area (Å²) in [5.74, 6) is -0.501. The second-order valence-corrected chi connectivity index (χ2v) is 6.20. The van der Waals surface area contributed by atoms with Gasteiger partial charge in [0.2, 0.25) is 0 Å². The summed E-state index contributed by atoms with van der Waals surface area (Å²) in [7, 11) is 1.33. The van der Waals surface area contributed by atoms with Gasteiger partial charge in [-0.3, -0.25) is 4.79 Å². The minimum absolute atomic E-state index is 0.0363. The zero-order chi connectivity index (χ0) is 17.8. The predicted molar refractivity (Wildman–Crippen MR) is 94.1 cm³/mol. The van der Waals surface area contributed by atoms with Gasteiger partial charge >= 0.3 is 11.9 Å². The van der Waals surface area contributed by atoms with Crippen LogP contribution in [0.3, 0.4) is 0 Å². The molecule has 2 aromatic rings. The molecule has 0 N–H and O–H groups in total. The summed E-state index contributed by atoms with van der Waals surface area (Å²) in [6.07, 6.45) is 6.49. The minimum atomic E-state index is -0.472. The molecule has 0 bridgehead atoms. The molecule has 1 heterocycles. The van der Waals surface area contributed by atoms with Crippen molar-refractivity contribution in [1.82, 2.24) is 4.98 Å². The van der Waals surface area contributed by atoms with E-state index in [0.717, 1.165) is 29.3 Å². The van der Waals surface area contributed by atoms with Crippen LogP contribution in [0, 0.1) is 12.8 Å². The summed E-state index contributed by atoms with van der Waals surface area (Å²) >= 11 is 0. The molecule has 5 nitrogen and oxygen atoms in total. The maximum absolute atomic E-state index is 12.2. The SMILES string of the molecule is COC(=O)c1c(COC(=O)C[C@@H]2C=CCC2)nc2ccccc2c1C. The van der Waals surface area contributed by atoms with Gasteiger partial charge in [-0.15, -0.1) is 0 Å². The van der Waals surface area contributed by atoms with Crippen LogP contribution in [-0.4, -0.2) is 24.0 Å². The Morgan fingerprint density at radius 2 is 2.08 bits per heavy atom. The molecule has 0 fully saturated rings. The monoisotopic (exact) mass is 339 g/mol. The Balaban J connectivity index is 1.84. The highest BCUT2D eigenvalue weighted by atomic mass is 16.5. The number of hydrogen-bond acceptors (Lipinski definition) is 5. The zero-order valence-electron chi connectivity index (χ0n) is 14.5. The first kappa shape index (κ1) is 17.1. The Labute approximate surface area is 146 Å². The van der Waals surface area contributed by atoms with Crippen molar-refractivity contribution >= 4 is 22.8 Å². The molecule has 1 aliphatic rings. The molecule has 130 valence electrons. The van der Waals surface area contributed by atoms with Gasteiger partial charge in [-0.25, -0.2) is 9.78 Å². The largest absolute Gasteiger partial charge is 0.465 e. The Morgan fingerprint density at radius 3 is 2.80 bits per heavy atom. The molecule has 25 heavy (non-hydrogen) atoms. The average molecular weight is 339 g/mol. The fourth-order valence-electron chi connectivity index (χ4n) is 3.21. The number of nitrogens with zero attached hydrogens (tertiary/aromatic N) is 1. The van der Waals surface area contributed by atoms with Gasteiger partial charge in [-0.05, 0) is 37.3 Å². The van der Waals surface area contributed by atoms with Gasteiger partial charge in [0.25, 0.3) is 0 Å². The van der Waals surface area contributed by atoms with E-state index < -0.39 is 5.97 Å². The number of carbonyl (C=O) groups is 2. The van der Waals surface area contributed by atoms with Crippen LogP contribution in [0.15, 0.2) is 36.4 Å². The van der Waals surface area contributed by atoms with Gasteiger partial charge in [-0.2, -0.15) is 0 Å². The van der Waals surface area contributed by atoms with Gasteiger partial charge in [0.1, 0.15) is 6.61 Å². The maximum atomic E-state index is 12.2. The molecule has 0 saturated carbocycles. The van der Waals surface area contributed by atoms with Crippen molar-refractivity contribution < 1.29 is 19.1 Å². The van der Waals surface area contributed by atoms with Crippen molar-refractivity contribution in [2.24, 2.45) is 5.92 Å². The number of ether oxygens (including phenoxy) is 2. The number of rotatable bonds is 5. The summed E-state index contributed by atoms with van der Waals surface area (Å²) in [5.41, 5.74) is 2.34. The minimum Gasteiger partial charge on any atom is -0.465 e. The van der Waals surface area contributed by atoms with Gasteiger partial charge in [0.05, 0.1) is 30.3 Å². The fourth-order valence-corrected chi connectivity index (χ4v) is 3.21. The van der Waals surface area contributed by atoms with E-state index in [1.54, 1.807) is 0 Å². The Morgan fingerprint density at radius 1 is 1.28 bits per heavy atom. The van der Waals surface area contributed by atoms with Gasteiger partial charge < -0.3 is 9.47 Å². The van der Waals surface area contributed by atoms with Crippen molar-refractivity contribution in [3.8, 4) is 0 Å². The first-order valence-corrected chi connectivity index (χ1v) is 8.39. The van der Waals surface area contributed by atoms with E-state index >= 15 is 0 Å². The number of allylic oxidation sites excluding steroid dienone is 2. The van der Waals surface area contributed by atoms with E-state index in [1.807, 2.05) is 31.2 Å². The van der Waals surface area contributed by atoms with E-state index in [1.165, 1.54) is 7.11 Å².